The number of hydrogen-bond acceptors (Lipinski definition) is 9. The van der Waals surface area contributed by atoms with Gasteiger partial charge in [-0.1, -0.05) is 37.6 Å². The molecule has 10 nitrogen and oxygen atoms in total. The second-order valence-corrected chi connectivity index (χ2v) is 14.7. The van der Waals surface area contributed by atoms with Gasteiger partial charge in [-0.2, -0.15) is 4.98 Å². The van der Waals surface area contributed by atoms with Crippen LogP contribution in [0.4, 0.5) is 23.1 Å². The van der Waals surface area contributed by atoms with E-state index in [4.69, 9.17) is 21.1 Å². The normalized spacial score (nSPS) is 17.1. The standard InChI is InChI=1S/C31H43ClN6O4S/c1-20(2)18-34-43(39,40)27-12-10-9-11-25(27)35-28-23(32)19-33-29(37-28)36-24-14-13-21(15-26(24)41-8)42-22-16-30(3,4)38(7)31(5,6)17-22/h9-15,19-20,22,34H,16-18H2,1-8H3,(H2,33,35,36,37). The van der Waals surface area contributed by atoms with Crippen molar-refractivity contribution < 1.29 is 17.9 Å². The van der Waals surface area contributed by atoms with Gasteiger partial charge in [0.2, 0.25) is 16.0 Å². The van der Waals surface area contributed by atoms with Crippen molar-refractivity contribution in [2.24, 2.45) is 5.92 Å². The number of benzene rings is 2. The summed E-state index contributed by atoms with van der Waals surface area (Å²) in [7, 11) is -0.00102. The van der Waals surface area contributed by atoms with Gasteiger partial charge in [-0.3, -0.25) is 4.90 Å². The average molecular weight is 631 g/mol. The zero-order chi connectivity index (χ0) is 31.6. The SMILES string of the molecule is COc1cc(OC2CC(C)(C)N(C)C(C)(C)C2)ccc1Nc1ncc(Cl)c(Nc2ccccc2S(=O)(=O)NCC(C)C)n1. The Morgan fingerprint density at radius 1 is 1.05 bits per heavy atom. The molecule has 0 spiro atoms. The quantitative estimate of drug-likeness (QED) is 0.216. The van der Waals surface area contributed by atoms with E-state index in [0.717, 1.165) is 12.8 Å². The predicted molar refractivity (Wildman–Crippen MR) is 173 cm³/mol. The lowest BCUT2D eigenvalue weighted by Gasteiger charge is -2.53. The highest BCUT2D eigenvalue weighted by Crippen LogP contribution is 2.40. The fourth-order valence-electron chi connectivity index (χ4n) is 5.32. The summed E-state index contributed by atoms with van der Waals surface area (Å²) in [5.41, 5.74) is 0.980. The Kier molecular flexibility index (Phi) is 9.80. The van der Waals surface area contributed by atoms with Crippen LogP contribution in [0.25, 0.3) is 0 Å². The lowest BCUT2D eigenvalue weighted by Crippen LogP contribution is -2.60. The molecular formula is C31H43ClN6O4S. The molecule has 3 aromatic rings. The number of aromatic nitrogens is 2. The monoisotopic (exact) mass is 630 g/mol. The van der Waals surface area contributed by atoms with Crippen molar-refractivity contribution in [3.05, 3.63) is 53.7 Å². The Labute approximate surface area is 260 Å². The third-order valence-corrected chi connectivity index (χ3v) is 9.61. The molecular weight excluding hydrogens is 588 g/mol. The van der Waals surface area contributed by atoms with E-state index in [9.17, 15) is 8.42 Å². The van der Waals surface area contributed by atoms with Crippen LogP contribution in [0.2, 0.25) is 5.02 Å². The first-order chi connectivity index (χ1) is 20.1. The van der Waals surface area contributed by atoms with Crippen LogP contribution in [-0.2, 0) is 10.0 Å². The minimum absolute atomic E-state index is 0.00492. The molecule has 2 aromatic carbocycles. The number of sulfonamides is 1. The molecule has 4 rings (SSSR count). The van der Waals surface area contributed by atoms with E-state index < -0.39 is 10.0 Å². The molecule has 0 saturated carbocycles. The van der Waals surface area contributed by atoms with Gasteiger partial charge in [-0.25, -0.2) is 18.1 Å². The van der Waals surface area contributed by atoms with Crippen molar-refractivity contribution in [2.75, 3.05) is 31.3 Å². The lowest BCUT2D eigenvalue weighted by atomic mass is 9.79. The van der Waals surface area contributed by atoms with Crippen molar-refractivity contribution in [3.63, 3.8) is 0 Å². The highest BCUT2D eigenvalue weighted by molar-refractivity contribution is 7.89. The minimum Gasteiger partial charge on any atom is -0.494 e. The number of nitrogens with zero attached hydrogens (tertiary/aromatic N) is 3. The maximum atomic E-state index is 13.0. The lowest BCUT2D eigenvalue weighted by molar-refractivity contribution is -0.0556. The van der Waals surface area contributed by atoms with E-state index in [-0.39, 0.29) is 44.8 Å². The molecule has 234 valence electrons. The van der Waals surface area contributed by atoms with Crippen LogP contribution >= 0.6 is 11.6 Å². The van der Waals surface area contributed by atoms with E-state index in [0.29, 0.717) is 29.4 Å². The number of hydrogen-bond donors (Lipinski definition) is 3. The molecule has 3 N–H and O–H groups in total. The fourth-order valence-corrected chi connectivity index (χ4v) is 6.84. The number of ether oxygens (including phenoxy) is 2. The molecule has 0 atom stereocenters. The van der Waals surface area contributed by atoms with E-state index in [1.165, 1.54) is 12.3 Å². The highest BCUT2D eigenvalue weighted by Gasteiger charge is 2.44. The first kappa shape index (κ1) is 32.8. The summed E-state index contributed by atoms with van der Waals surface area (Å²) < 4.78 is 40.7. The number of anilines is 4. The van der Waals surface area contributed by atoms with Crippen LogP contribution in [-0.4, -0.2) is 61.2 Å². The second kappa shape index (κ2) is 12.9. The number of nitrogens with one attached hydrogen (secondary N) is 3. The number of rotatable bonds is 11. The largest absolute Gasteiger partial charge is 0.494 e. The Morgan fingerprint density at radius 3 is 2.37 bits per heavy atom. The summed E-state index contributed by atoms with van der Waals surface area (Å²) in [6.45, 7) is 13.2. The number of likely N-dealkylation sites (tertiary alicyclic amines) is 1. The van der Waals surface area contributed by atoms with Gasteiger partial charge in [0.1, 0.15) is 27.5 Å². The molecule has 0 bridgehead atoms. The van der Waals surface area contributed by atoms with Crippen LogP contribution < -0.4 is 24.8 Å². The fraction of sp³-hybridized carbons (Fsp3) is 0.484. The van der Waals surface area contributed by atoms with Crippen molar-refractivity contribution in [1.82, 2.24) is 19.6 Å². The average Bonchev–Trinajstić information content (AvgIpc) is 2.93. The van der Waals surface area contributed by atoms with Crippen molar-refractivity contribution in [1.29, 1.82) is 0 Å². The third kappa shape index (κ3) is 7.89. The molecule has 1 aliphatic heterocycles. The van der Waals surface area contributed by atoms with Gasteiger partial charge in [0, 0.05) is 36.5 Å². The van der Waals surface area contributed by atoms with Crippen molar-refractivity contribution >= 4 is 44.8 Å². The molecule has 43 heavy (non-hydrogen) atoms. The molecule has 2 heterocycles. The summed E-state index contributed by atoms with van der Waals surface area (Å²) in [5.74, 6) is 1.93. The number of para-hydroxylation sites is 1. The summed E-state index contributed by atoms with van der Waals surface area (Å²) in [6.07, 6.45) is 3.31. The molecule has 0 amide bonds. The zero-order valence-electron chi connectivity index (χ0n) is 26.2. The number of piperidine rings is 1. The summed E-state index contributed by atoms with van der Waals surface area (Å²) in [4.78, 5) is 11.3. The smallest absolute Gasteiger partial charge is 0.242 e. The molecule has 1 fully saturated rings. The maximum Gasteiger partial charge on any atom is 0.242 e. The van der Waals surface area contributed by atoms with Gasteiger partial charge >= 0.3 is 0 Å². The Hall–Kier alpha value is -3.12. The van der Waals surface area contributed by atoms with E-state index in [1.807, 2.05) is 32.0 Å². The molecule has 1 aromatic heterocycles. The molecule has 1 aliphatic rings. The summed E-state index contributed by atoms with van der Waals surface area (Å²) in [6, 6.07) is 12.2. The van der Waals surface area contributed by atoms with Gasteiger partial charge in [-0.15, -0.1) is 0 Å². The van der Waals surface area contributed by atoms with Crippen LogP contribution in [0.3, 0.4) is 0 Å². The van der Waals surface area contributed by atoms with Crippen LogP contribution in [0.15, 0.2) is 53.6 Å². The van der Waals surface area contributed by atoms with Crippen LogP contribution in [0.5, 0.6) is 11.5 Å². The topological polar surface area (TPSA) is 118 Å². The van der Waals surface area contributed by atoms with E-state index in [1.54, 1.807) is 25.3 Å². The van der Waals surface area contributed by atoms with Gasteiger partial charge < -0.3 is 20.1 Å². The van der Waals surface area contributed by atoms with Crippen molar-refractivity contribution in [3.8, 4) is 11.5 Å². The second-order valence-electron chi connectivity index (χ2n) is 12.6. The maximum absolute atomic E-state index is 13.0. The molecule has 12 heteroatoms. The first-order valence-corrected chi connectivity index (χ1v) is 16.2. The van der Waals surface area contributed by atoms with Gasteiger partial charge in [0.05, 0.1) is 24.7 Å². The third-order valence-electron chi connectivity index (χ3n) is 7.85. The van der Waals surface area contributed by atoms with E-state index in [2.05, 4.69) is 65.0 Å². The van der Waals surface area contributed by atoms with Crippen molar-refractivity contribution in [2.45, 2.75) is 76.5 Å². The molecule has 0 radical (unpaired) electrons. The predicted octanol–water partition coefficient (Wildman–Crippen LogP) is 6.59. The van der Waals surface area contributed by atoms with Crippen LogP contribution in [0, 0.1) is 5.92 Å². The van der Waals surface area contributed by atoms with Crippen LogP contribution in [0.1, 0.15) is 54.4 Å². The molecule has 1 saturated heterocycles. The highest BCUT2D eigenvalue weighted by atomic mass is 35.5. The van der Waals surface area contributed by atoms with E-state index >= 15 is 0 Å². The summed E-state index contributed by atoms with van der Waals surface area (Å²) >= 11 is 6.41. The zero-order valence-corrected chi connectivity index (χ0v) is 27.7. The first-order valence-electron chi connectivity index (χ1n) is 14.4. The number of halogens is 1. The van der Waals surface area contributed by atoms with Gasteiger partial charge in [-0.05, 0) is 64.9 Å². The van der Waals surface area contributed by atoms with Gasteiger partial charge in [0.15, 0.2) is 5.82 Å². The Bertz CT molecular complexity index is 1530. The molecule has 0 unspecified atom stereocenters. The molecule has 0 aliphatic carbocycles. The summed E-state index contributed by atoms with van der Waals surface area (Å²) in [5, 5.41) is 6.47. The number of methoxy groups -OCH3 is 1. The van der Waals surface area contributed by atoms with Gasteiger partial charge in [0.25, 0.3) is 0 Å². The Balaban J connectivity index is 1.53. The Morgan fingerprint density at radius 2 is 1.72 bits per heavy atom. The minimum atomic E-state index is -3.76.